The average molecular weight is 663 g/mol. The lowest BCUT2D eigenvalue weighted by Gasteiger charge is -2.28. The molecule has 5 aromatic carbocycles. The topological polar surface area (TPSA) is 63.6 Å². The van der Waals surface area contributed by atoms with Crippen molar-refractivity contribution in [3.8, 4) is 33.8 Å². The maximum atomic E-state index is 15.0. The van der Waals surface area contributed by atoms with Gasteiger partial charge in [0.05, 0.1) is 0 Å². The Morgan fingerprint density at radius 3 is 1.62 bits per heavy atom. The Hall–Kier alpha value is -4.47. The molecule has 0 aliphatic carbocycles. The van der Waals surface area contributed by atoms with E-state index in [4.69, 9.17) is 9.29 Å². The van der Waals surface area contributed by atoms with Crippen LogP contribution >= 0.6 is 0 Å². The minimum Gasteiger partial charge on any atom is -0.450 e. The summed E-state index contributed by atoms with van der Waals surface area (Å²) in [4.78, 5) is -2.13. The third kappa shape index (κ3) is 6.96. The van der Waals surface area contributed by atoms with Crippen molar-refractivity contribution in [1.29, 1.82) is 0 Å². The van der Waals surface area contributed by atoms with Gasteiger partial charge in [-0.05, 0) is 56.7 Å². The summed E-state index contributed by atoms with van der Waals surface area (Å²) in [6, 6.07) is 30.4. The molecule has 0 unspecified atom stereocenters. The van der Waals surface area contributed by atoms with E-state index in [2.05, 4.69) is 83.1 Å². The van der Waals surface area contributed by atoms with Crippen molar-refractivity contribution in [3.63, 3.8) is 0 Å². The Labute approximate surface area is 272 Å². The fourth-order valence-corrected chi connectivity index (χ4v) is 6.25. The van der Waals surface area contributed by atoms with Gasteiger partial charge in [-0.15, -0.1) is 0 Å². The molecule has 244 valence electrons. The van der Waals surface area contributed by atoms with E-state index < -0.39 is 49.4 Å². The summed E-state index contributed by atoms with van der Waals surface area (Å²) in [7, 11) is -5.61. The fourth-order valence-electron chi connectivity index (χ4n) is 5.61. The molecule has 0 saturated carbocycles. The van der Waals surface area contributed by atoms with Crippen molar-refractivity contribution in [2.24, 2.45) is 0 Å². The van der Waals surface area contributed by atoms with Crippen LogP contribution in [0.2, 0.25) is 0 Å². The molecule has 0 atom stereocenters. The average Bonchev–Trinajstić information content (AvgIpc) is 3.01. The molecule has 0 aliphatic heterocycles. The smallest absolute Gasteiger partial charge is 0.300 e. The molecule has 0 fully saturated rings. The molecule has 0 amide bonds. The van der Waals surface area contributed by atoms with Gasteiger partial charge in [-0.25, -0.2) is 8.78 Å². The first-order valence-electron chi connectivity index (χ1n) is 14.9. The predicted octanol–water partition coefficient (Wildman–Crippen LogP) is 10.4. The van der Waals surface area contributed by atoms with Gasteiger partial charge in [0.2, 0.25) is 17.4 Å². The van der Waals surface area contributed by atoms with Crippen LogP contribution < -0.4 is 4.74 Å². The van der Waals surface area contributed by atoms with E-state index in [0.717, 1.165) is 22.3 Å². The van der Waals surface area contributed by atoms with E-state index in [1.807, 2.05) is 6.07 Å². The highest BCUT2D eigenvalue weighted by molar-refractivity contribution is 7.85. The maximum absolute atomic E-state index is 15.0. The summed E-state index contributed by atoms with van der Waals surface area (Å²) in [6.07, 6.45) is 0.434. The van der Waals surface area contributed by atoms with Gasteiger partial charge in [0.1, 0.15) is 5.75 Å². The van der Waals surface area contributed by atoms with Gasteiger partial charge >= 0.3 is 10.1 Å². The van der Waals surface area contributed by atoms with Gasteiger partial charge in [0.25, 0.3) is 0 Å². The van der Waals surface area contributed by atoms with Crippen LogP contribution in [0.4, 0.5) is 17.6 Å². The molecule has 9 heteroatoms. The largest absolute Gasteiger partial charge is 0.450 e. The van der Waals surface area contributed by atoms with Crippen molar-refractivity contribution in [1.82, 2.24) is 0 Å². The molecule has 47 heavy (non-hydrogen) atoms. The lowest BCUT2D eigenvalue weighted by Crippen LogP contribution is -2.21. The van der Waals surface area contributed by atoms with Gasteiger partial charge in [-0.3, -0.25) is 4.55 Å². The monoisotopic (exact) mass is 662 g/mol. The first-order chi connectivity index (χ1) is 22.0. The van der Waals surface area contributed by atoms with Crippen LogP contribution in [-0.4, -0.2) is 13.0 Å². The lowest BCUT2D eigenvalue weighted by molar-refractivity contribution is 0.347. The summed E-state index contributed by atoms with van der Waals surface area (Å²) in [5.41, 5.74) is 5.78. The van der Waals surface area contributed by atoms with Crippen LogP contribution in [0.5, 0.6) is 11.5 Å². The van der Waals surface area contributed by atoms with E-state index in [9.17, 15) is 26.0 Å². The minimum absolute atomic E-state index is 0.0514. The van der Waals surface area contributed by atoms with Gasteiger partial charge < -0.3 is 4.74 Å². The molecule has 0 bridgehead atoms. The summed E-state index contributed by atoms with van der Waals surface area (Å²) < 4.78 is 96.7. The summed E-state index contributed by atoms with van der Waals surface area (Å²) in [6.45, 7) is 10.6. The summed E-state index contributed by atoms with van der Waals surface area (Å²) >= 11 is 0. The van der Waals surface area contributed by atoms with E-state index in [1.165, 1.54) is 11.6 Å². The van der Waals surface area contributed by atoms with Crippen LogP contribution in [0, 0.1) is 23.3 Å². The molecule has 0 spiro atoms. The first-order valence-corrected chi connectivity index (χ1v) is 16.3. The van der Waals surface area contributed by atoms with Gasteiger partial charge in [-0.2, -0.15) is 17.2 Å². The third-order valence-electron chi connectivity index (χ3n) is 8.21. The quantitative estimate of drug-likeness (QED) is 0.102. The molecule has 0 radical (unpaired) electrons. The Morgan fingerprint density at radius 1 is 0.617 bits per heavy atom. The highest BCUT2D eigenvalue weighted by Crippen LogP contribution is 2.42. The normalized spacial score (nSPS) is 12.3. The molecule has 0 aromatic heterocycles. The number of rotatable bonds is 8. The van der Waals surface area contributed by atoms with Crippen LogP contribution in [0.1, 0.15) is 51.3 Å². The van der Waals surface area contributed by atoms with Crippen molar-refractivity contribution in [3.05, 3.63) is 137 Å². The molecule has 5 aromatic rings. The van der Waals surface area contributed by atoms with E-state index in [1.54, 1.807) is 36.4 Å². The maximum Gasteiger partial charge on any atom is 0.300 e. The highest BCUT2D eigenvalue weighted by atomic mass is 32.2. The third-order valence-corrected chi connectivity index (χ3v) is 9.09. The molecule has 1 N–H and O–H groups in total. The number of halogens is 4. The SMILES string of the molecule is CC(C)(C)c1ccc(-c2ccc(C(C)(C)Cc3cccc(Oc4c(F)c(F)c(S(=O)(=O)O)c(F)c4F)c3-c3ccccc3)cc2)cc1. The second kappa shape index (κ2) is 12.6. The zero-order chi connectivity index (χ0) is 34.3. The Morgan fingerprint density at radius 2 is 1.13 bits per heavy atom. The van der Waals surface area contributed by atoms with Crippen LogP contribution in [0.3, 0.4) is 0 Å². The second-order valence-corrected chi connectivity index (χ2v) is 14.5. The number of ether oxygens (including phenoxy) is 1. The first kappa shape index (κ1) is 33.9. The summed E-state index contributed by atoms with van der Waals surface area (Å²) in [5, 5.41) is 0. The van der Waals surface area contributed by atoms with E-state index in [0.29, 0.717) is 17.5 Å². The van der Waals surface area contributed by atoms with Gasteiger partial charge in [0, 0.05) is 5.56 Å². The molecule has 5 rings (SSSR count). The van der Waals surface area contributed by atoms with Gasteiger partial charge in [0.15, 0.2) is 16.5 Å². The van der Waals surface area contributed by atoms with Crippen molar-refractivity contribution < 1.29 is 35.3 Å². The van der Waals surface area contributed by atoms with E-state index >= 15 is 0 Å². The van der Waals surface area contributed by atoms with Crippen molar-refractivity contribution in [2.75, 3.05) is 0 Å². The standard InChI is InChI=1S/C38H34F4O4S/c1-37(2,3)27-18-14-23(15-19-27)24-16-20-28(21-17-24)38(4,5)22-26-12-9-13-29(30(26)25-10-7-6-8-11-25)46-35-31(39)33(41)36(47(43,44)45)34(42)32(35)40/h6-21H,22H2,1-5H3,(H,43,44,45). The Balaban J connectivity index is 1.53. The van der Waals surface area contributed by atoms with Gasteiger partial charge in [-0.1, -0.05) is 126 Å². The lowest BCUT2D eigenvalue weighted by atomic mass is 9.77. The zero-order valence-electron chi connectivity index (χ0n) is 26.5. The molecular formula is C38H34F4O4S. The minimum atomic E-state index is -5.61. The Kier molecular flexibility index (Phi) is 9.10. The van der Waals surface area contributed by atoms with Crippen LogP contribution in [-0.2, 0) is 27.4 Å². The molecular weight excluding hydrogens is 628 g/mol. The zero-order valence-corrected chi connectivity index (χ0v) is 27.4. The highest BCUT2D eigenvalue weighted by Gasteiger charge is 2.34. The number of hydrogen-bond acceptors (Lipinski definition) is 3. The fraction of sp³-hybridized carbons (Fsp3) is 0.211. The van der Waals surface area contributed by atoms with Crippen LogP contribution in [0.15, 0.2) is 102 Å². The van der Waals surface area contributed by atoms with E-state index in [-0.39, 0.29) is 11.2 Å². The second-order valence-electron chi connectivity index (χ2n) is 13.1. The van der Waals surface area contributed by atoms with Crippen molar-refractivity contribution in [2.45, 2.75) is 56.8 Å². The predicted molar refractivity (Wildman–Crippen MR) is 175 cm³/mol. The Bertz CT molecular complexity index is 2000. The molecule has 0 heterocycles. The van der Waals surface area contributed by atoms with Crippen LogP contribution in [0.25, 0.3) is 22.3 Å². The number of hydrogen-bond donors (Lipinski definition) is 1. The van der Waals surface area contributed by atoms with Crippen molar-refractivity contribution >= 4 is 10.1 Å². The summed E-state index contributed by atoms with van der Waals surface area (Å²) in [5.74, 6) is -10.4. The number of benzene rings is 5. The molecule has 4 nitrogen and oxygen atoms in total. The molecule has 0 saturated heterocycles. The molecule has 0 aliphatic rings.